The van der Waals surface area contributed by atoms with Crippen LogP contribution in [0.1, 0.15) is 6.92 Å². The van der Waals surface area contributed by atoms with Crippen LogP contribution in [-0.2, 0) is 0 Å². The van der Waals surface area contributed by atoms with E-state index in [-0.39, 0.29) is 5.84 Å². The van der Waals surface area contributed by atoms with E-state index in [2.05, 4.69) is 4.99 Å². The van der Waals surface area contributed by atoms with Crippen molar-refractivity contribution in [3.05, 3.63) is 23.8 Å². The van der Waals surface area contributed by atoms with Gasteiger partial charge in [-0.1, -0.05) is 6.08 Å². The molecule has 1 heterocycles. The monoisotopic (exact) mass is 163 g/mol. The maximum Gasteiger partial charge on any atom is 0.332 e. The lowest BCUT2D eigenvalue weighted by Gasteiger charge is -2.01. The standard InChI is InChI=1S/C7H9BN3O/c1-5(9)11-7-3-2-6(8-12)4-10-7/h2-4,12H,1H3,(H2,9,10,11)/p+1. The van der Waals surface area contributed by atoms with Crippen LogP contribution in [0.2, 0.25) is 0 Å². The Morgan fingerprint density at radius 3 is 2.83 bits per heavy atom. The summed E-state index contributed by atoms with van der Waals surface area (Å²) >= 11 is 0. The zero-order valence-electron chi connectivity index (χ0n) is 6.78. The summed E-state index contributed by atoms with van der Waals surface area (Å²) in [6, 6.07) is 0. The molecular formula is C7H10BN3O+. The maximum atomic E-state index is 8.61. The van der Waals surface area contributed by atoms with Gasteiger partial charge in [-0.3, -0.25) is 10.7 Å². The molecule has 0 aromatic heterocycles. The molecule has 0 amide bonds. The highest BCUT2D eigenvalue weighted by molar-refractivity contribution is 6.37. The molecule has 12 heavy (non-hydrogen) atoms. The average Bonchev–Trinajstić information content (AvgIpc) is 2.05. The van der Waals surface area contributed by atoms with E-state index in [1.165, 1.54) is 0 Å². The van der Waals surface area contributed by atoms with E-state index < -0.39 is 0 Å². The molecule has 1 radical (unpaired) electrons. The van der Waals surface area contributed by atoms with Crippen LogP contribution in [0, 0.1) is 5.41 Å². The van der Waals surface area contributed by atoms with Gasteiger partial charge in [0.1, 0.15) is 5.84 Å². The topological polar surface area (TPSA) is 73.0 Å². The lowest BCUT2D eigenvalue weighted by Crippen LogP contribution is -2.83. The molecule has 0 atom stereocenters. The molecule has 0 aromatic rings. The highest BCUT2D eigenvalue weighted by atomic mass is 16.2. The number of hydrogen-bond acceptors (Lipinski definition) is 2. The van der Waals surface area contributed by atoms with Crippen molar-refractivity contribution in [2.24, 2.45) is 4.99 Å². The Hall–Kier alpha value is -1.20. The van der Waals surface area contributed by atoms with Gasteiger partial charge in [-0.15, -0.1) is 0 Å². The van der Waals surface area contributed by atoms with E-state index in [0.717, 1.165) is 18.8 Å². The fraction of sp³-hybridized carbons (Fsp3) is 0.143. The minimum Gasteiger partial charge on any atom is -0.450 e. The molecule has 0 unspecified atom stereocenters. The smallest absolute Gasteiger partial charge is 0.332 e. The fourth-order valence-corrected chi connectivity index (χ4v) is 0.829. The van der Waals surface area contributed by atoms with Crippen molar-refractivity contribution < 1.29 is 10.3 Å². The number of nitrogens with zero attached hydrogens (tertiary/aromatic N) is 1. The molecule has 0 fully saturated rings. The number of quaternary nitrogens is 1. The van der Waals surface area contributed by atoms with Gasteiger partial charge in [0, 0.05) is 11.5 Å². The van der Waals surface area contributed by atoms with Gasteiger partial charge in [-0.25, -0.2) is 0 Å². The van der Waals surface area contributed by atoms with E-state index in [4.69, 9.17) is 10.4 Å². The van der Waals surface area contributed by atoms with Gasteiger partial charge < -0.3 is 5.02 Å². The van der Waals surface area contributed by atoms with Crippen molar-refractivity contribution in [1.29, 1.82) is 5.41 Å². The van der Waals surface area contributed by atoms with Gasteiger partial charge in [-0.05, 0) is 6.92 Å². The normalized spacial score (nSPS) is 19.2. The molecule has 5 heteroatoms. The van der Waals surface area contributed by atoms with Crippen LogP contribution in [0.4, 0.5) is 0 Å². The van der Waals surface area contributed by atoms with E-state index >= 15 is 0 Å². The largest absolute Gasteiger partial charge is 0.450 e. The van der Waals surface area contributed by atoms with Crippen molar-refractivity contribution in [2.45, 2.75) is 6.92 Å². The number of amidine groups is 2. The first-order valence-electron chi connectivity index (χ1n) is 3.57. The number of hydrogen-bond donors (Lipinski definition) is 3. The van der Waals surface area contributed by atoms with Gasteiger partial charge in [0.15, 0.2) is 0 Å². The lowest BCUT2D eigenvalue weighted by atomic mass is 9.87. The second kappa shape index (κ2) is 3.99. The van der Waals surface area contributed by atoms with Gasteiger partial charge >= 0.3 is 7.48 Å². The predicted octanol–water partition coefficient (Wildman–Crippen LogP) is -1.03. The molecule has 4 N–H and O–H groups in total. The van der Waals surface area contributed by atoms with Crippen LogP contribution in [0.15, 0.2) is 28.8 Å². The number of nitrogens with two attached hydrogens (primary N) is 1. The molecule has 61 valence electrons. The van der Waals surface area contributed by atoms with Crippen LogP contribution in [0.25, 0.3) is 0 Å². The van der Waals surface area contributed by atoms with Gasteiger partial charge in [0.25, 0.3) is 0 Å². The molecule has 0 spiro atoms. The van der Waals surface area contributed by atoms with Crippen LogP contribution in [0.5, 0.6) is 0 Å². The molecule has 0 aliphatic carbocycles. The van der Waals surface area contributed by atoms with Crippen molar-refractivity contribution in [3.63, 3.8) is 0 Å². The third-order valence-corrected chi connectivity index (χ3v) is 1.34. The van der Waals surface area contributed by atoms with Crippen LogP contribution in [-0.4, -0.2) is 24.2 Å². The molecule has 1 aliphatic rings. The minimum atomic E-state index is 0.274. The van der Waals surface area contributed by atoms with Crippen molar-refractivity contribution in [3.8, 4) is 0 Å². The first-order valence-corrected chi connectivity index (χ1v) is 3.57. The Balaban J connectivity index is 2.65. The van der Waals surface area contributed by atoms with E-state index in [0.29, 0.717) is 0 Å². The zero-order chi connectivity index (χ0) is 8.97. The SMILES string of the molecule is CC(=N)N=C1C=CC([B]O)=C[NH2+]1. The molecule has 0 bridgehead atoms. The summed E-state index contributed by atoms with van der Waals surface area (Å²) in [5.41, 5.74) is 0.733. The summed E-state index contributed by atoms with van der Waals surface area (Å²) < 4.78 is 0. The summed E-state index contributed by atoms with van der Waals surface area (Å²) in [6.07, 6.45) is 5.23. The summed E-state index contributed by atoms with van der Waals surface area (Å²) in [7, 11) is 1.03. The van der Waals surface area contributed by atoms with Crippen molar-refractivity contribution in [2.75, 3.05) is 0 Å². The number of aliphatic imine (C=N–C) groups is 1. The first-order chi connectivity index (χ1) is 5.72. The summed E-state index contributed by atoms with van der Waals surface area (Å²) in [4.78, 5) is 3.92. The summed E-state index contributed by atoms with van der Waals surface area (Å²) in [5.74, 6) is 1.00. The maximum absolute atomic E-state index is 8.61. The number of allylic oxidation sites excluding steroid dienone is 2. The second-order valence-corrected chi connectivity index (χ2v) is 2.42. The Bertz CT molecular complexity index is 280. The summed E-state index contributed by atoms with van der Waals surface area (Å²) in [6.45, 7) is 1.62. The quantitative estimate of drug-likeness (QED) is 0.258. The van der Waals surface area contributed by atoms with Crippen LogP contribution < -0.4 is 5.32 Å². The fourth-order valence-electron chi connectivity index (χ4n) is 0.829. The molecule has 4 nitrogen and oxygen atoms in total. The van der Waals surface area contributed by atoms with Gasteiger partial charge in [0.2, 0.25) is 5.84 Å². The molecule has 1 aliphatic heterocycles. The average molecular weight is 163 g/mol. The highest BCUT2D eigenvalue weighted by Crippen LogP contribution is 1.92. The third-order valence-electron chi connectivity index (χ3n) is 1.34. The molecule has 0 aromatic carbocycles. The van der Waals surface area contributed by atoms with Crippen molar-refractivity contribution in [1.82, 2.24) is 0 Å². The Morgan fingerprint density at radius 1 is 1.67 bits per heavy atom. The molecule has 1 rings (SSSR count). The summed E-state index contributed by atoms with van der Waals surface area (Å²) in [5, 5.41) is 17.5. The third kappa shape index (κ3) is 2.45. The Kier molecular flexibility index (Phi) is 2.96. The number of rotatable bonds is 1. The van der Waals surface area contributed by atoms with E-state index in [9.17, 15) is 0 Å². The molecule has 0 saturated carbocycles. The minimum absolute atomic E-state index is 0.274. The van der Waals surface area contributed by atoms with Crippen molar-refractivity contribution >= 4 is 19.2 Å². The van der Waals surface area contributed by atoms with E-state index in [1.807, 2.05) is 0 Å². The first kappa shape index (κ1) is 8.90. The Morgan fingerprint density at radius 2 is 2.42 bits per heavy atom. The predicted molar refractivity (Wildman–Crippen MR) is 48.0 cm³/mol. The van der Waals surface area contributed by atoms with Gasteiger partial charge in [0.05, 0.1) is 6.20 Å². The van der Waals surface area contributed by atoms with Crippen LogP contribution in [0.3, 0.4) is 0 Å². The highest BCUT2D eigenvalue weighted by Gasteiger charge is 2.06. The molecular weight excluding hydrogens is 153 g/mol. The van der Waals surface area contributed by atoms with Crippen LogP contribution >= 0.6 is 0 Å². The zero-order valence-corrected chi connectivity index (χ0v) is 6.78. The Labute approximate surface area is 71.5 Å². The lowest BCUT2D eigenvalue weighted by molar-refractivity contribution is -0.461. The number of nitrogens with one attached hydrogen (secondary N) is 1. The molecule has 0 saturated heterocycles. The second-order valence-electron chi connectivity index (χ2n) is 2.42. The van der Waals surface area contributed by atoms with E-state index in [1.54, 1.807) is 30.6 Å². The van der Waals surface area contributed by atoms with Gasteiger partial charge in [-0.2, -0.15) is 4.99 Å².